The minimum Gasteiger partial charge on any atom is -0.496 e. The van der Waals surface area contributed by atoms with E-state index in [0.717, 1.165) is 24.8 Å². The van der Waals surface area contributed by atoms with Crippen LogP contribution in [0.1, 0.15) is 53.4 Å². The van der Waals surface area contributed by atoms with Gasteiger partial charge in [-0.25, -0.2) is 9.83 Å². The van der Waals surface area contributed by atoms with Crippen molar-refractivity contribution < 1.29 is 9.53 Å². The Labute approximate surface area is 154 Å². The largest absolute Gasteiger partial charge is 0.496 e. The maximum atomic E-state index is 12.5. The number of nitrogens with one attached hydrogen (secondary N) is 1. The van der Waals surface area contributed by atoms with E-state index in [2.05, 4.69) is 26.6 Å². The smallest absolute Gasteiger partial charge is 0.227 e. The van der Waals surface area contributed by atoms with Gasteiger partial charge in [-0.3, -0.25) is 10.1 Å². The summed E-state index contributed by atoms with van der Waals surface area (Å²) in [6.07, 6.45) is 3.60. The Morgan fingerprint density at radius 1 is 1.42 bits per heavy atom. The quantitative estimate of drug-likeness (QED) is 0.797. The van der Waals surface area contributed by atoms with E-state index in [-0.39, 0.29) is 16.9 Å². The van der Waals surface area contributed by atoms with Crippen LogP contribution < -0.4 is 10.1 Å². The third-order valence-electron chi connectivity index (χ3n) is 4.97. The number of amides is 1. The molecule has 0 radical (unpaired) electrons. The van der Waals surface area contributed by atoms with Crippen molar-refractivity contribution in [1.82, 2.24) is 9.55 Å². The van der Waals surface area contributed by atoms with Crippen molar-refractivity contribution in [3.05, 3.63) is 23.5 Å². The van der Waals surface area contributed by atoms with Gasteiger partial charge in [0.05, 0.1) is 19.2 Å². The minimum atomic E-state index is -0.106. The third-order valence-corrected chi connectivity index (χ3v) is 4.97. The number of fused-ring (bicyclic) bond motifs is 1. The van der Waals surface area contributed by atoms with Crippen molar-refractivity contribution >= 4 is 28.6 Å². The molecule has 0 spiro atoms. The fraction of sp³-hybridized carbons (Fsp3) is 0.550. The van der Waals surface area contributed by atoms with Crippen molar-refractivity contribution in [1.29, 1.82) is 0 Å². The second kappa shape index (κ2) is 6.31. The number of anilines is 1. The van der Waals surface area contributed by atoms with Gasteiger partial charge in [0, 0.05) is 12.0 Å². The molecule has 1 fully saturated rings. The number of aromatic nitrogens is 2. The predicted molar refractivity (Wildman–Crippen MR) is 103 cm³/mol. The molecule has 0 aliphatic heterocycles. The van der Waals surface area contributed by atoms with E-state index in [9.17, 15) is 4.79 Å². The number of hydrogen-bond donors (Lipinski definition) is 1. The highest BCUT2D eigenvalue weighted by atomic mass is 16.5. The minimum absolute atomic E-state index is 0.0543. The van der Waals surface area contributed by atoms with Gasteiger partial charge in [-0.1, -0.05) is 20.8 Å². The molecule has 6 heteroatoms. The molecule has 1 amide bonds. The molecule has 6 nitrogen and oxygen atoms in total. The number of methoxy groups -OCH3 is 1. The fourth-order valence-corrected chi connectivity index (χ4v) is 3.54. The van der Waals surface area contributed by atoms with Crippen LogP contribution in [0.2, 0.25) is 0 Å². The van der Waals surface area contributed by atoms with Crippen LogP contribution in [-0.4, -0.2) is 22.6 Å². The van der Waals surface area contributed by atoms with Gasteiger partial charge in [-0.15, -0.1) is 0 Å². The molecule has 0 bridgehead atoms. The number of rotatable bonds is 4. The van der Waals surface area contributed by atoms with E-state index in [1.165, 1.54) is 0 Å². The predicted octanol–water partition coefficient (Wildman–Crippen LogP) is 4.87. The topological polar surface area (TPSA) is 60.5 Å². The number of carbonyl (C=O) groups is 1. The highest BCUT2D eigenvalue weighted by Gasteiger charge is 2.37. The highest BCUT2D eigenvalue weighted by molar-refractivity contribution is 5.94. The molecule has 0 unspecified atom stereocenters. The molecule has 138 valence electrons. The van der Waals surface area contributed by atoms with Gasteiger partial charge in [-0.2, -0.15) is 0 Å². The number of imidazole rings is 1. The van der Waals surface area contributed by atoms with Crippen LogP contribution in [0.25, 0.3) is 15.9 Å². The van der Waals surface area contributed by atoms with Crippen LogP contribution in [0, 0.1) is 12.0 Å². The van der Waals surface area contributed by atoms with Crippen molar-refractivity contribution in [2.45, 2.75) is 58.9 Å². The first-order valence-corrected chi connectivity index (χ1v) is 8.95. The summed E-state index contributed by atoms with van der Waals surface area (Å²) < 4.78 is 7.54. The number of hydrogen-bond acceptors (Lipinski definition) is 3. The lowest BCUT2D eigenvalue weighted by Gasteiger charge is -2.41. The standard InChI is InChI=1S/C20H26N4O2/c1-19(2,3)12-16(25)22-18-23-17-14(24(18)20(4)8-7-9-20)10-13(21-5)11-15(17)26-6/h10-11H,7-9,12H2,1-4,6H3,(H,22,23,25). The summed E-state index contributed by atoms with van der Waals surface area (Å²) in [5.41, 5.74) is 1.81. The maximum absolute atomic E-state index is 12.5. The molecule has 1 heterocycles. The number of ether oxygens (including phenoxy) is 1. The van der Waals surface area contributed by atoms with Gasteiger partial charge in [0.25, 0.3) is 0 Å². The molecular formula is C20H26N4O2. The van der Waals surface area contributed by atoms with Crippen LogP contribution in [0.4, 0.5) is 11.6 Å². The molecule has 1 saturated carbocycles. The first-order chi connectivity index (χ1) is 12.2. The molecule has 3 rings (SSSR count). The summed E-state index contributed by atoms with van der Waals surface area (Å²) in [4.78, 5) is 20.8. The van der Waals surface area contributed by atoms with Crippen molar-refractivity contribution in [2.75, 3.05) is 12.4 Å². The Bertz CT molecular complexity index is 895. The van der Waals surface area contributed by atoms with Crippen molar-refractivity contribution in [3.8, 4) is 5.75 Å². The molecule has 1 aliphatic carbocycles. The second-order valence-electron chi connectivity index (χ2n) is 8.53. The molecule has 1 aromatic carbocycles. The lowest BCUT2D eigenvalue weighted by molar-refractivity contribution is -0.117. The normalized spacial score (nSPS) is 16.0. The van der Waals surface area contributed by atoms with Crippen molar-refractivity contribution in [2.24, 2.45) is 5.41 Å². The summed E-state index contributed by atoms with van der Waals surface area (Å²) >= 11 is 0. The monoisotopic (exact) mass is 354 g/mol. The maximum Gasteiger partial charge on any atom is 0.227 e. The summed E-state index contributed by atoms with van der Waals surface area (Å²) in [7, 11) is 1.57. The molecule has 2 aromatic rings. The van der Waals surface area contributed by atoms with Crippen LogP contribution in [-0.2, 0) is 10.3 Å². The van der Waals surface area contributed by atoms with E-state index < -0.39 is 0 Å². The third kappa shape index (κ3) is 3.26. The van der Waals surface area contributed by atoms with Gasteiger partial charge in [-0.05, 0) is 43.7 Å². The Hall–Kier alpha value is -2.55. The summed E-state index contributed by atoms with van der Waals surface area (Å²) in [5.74, 6) is 1.04. The van der Waals surface area contributed by atoms with Crippen molar-refractivity contribution in [3.63, 3.8) is 0 Å². The first kappa shape index (κ1) is 18.2. The zero-order valence-corrected chi connectivity index (χ0v) is 16.1. The van der Waals surface area contributed by atoms with E-state index in [1.54, 1.807) is 13.2 Å². The van der Waals surface area contributed by atoms with E-state index in [4.69, 9.17) is 11.3 Å². The van der Waals surface area contributed by atoms with Crippen LogP contribution >= 0.6 is 0 Å². The van der Waals surface area contributed by atoms with Gasteiger partial charge < -0.3 is 9.30 Å². The van der Waals surface area contributed by atoms with Crippen LogP contribution in [0.3, 0.4) is 0 Å². The molecule has 1 aliphatic rings. The Balaban J connectivity index is 2.14. The zero-order valence-electron chi connectivity index (χ0n) is 16.1. The zero-order chi connectivity index (χ0) is 19.1. The number of nitrogens with zero attached hydrogens (tertiary/aromatic N) is 3. The molecule has 1 N–H and O–H groups in total. The van der Waals surface area contributed by atoms with Gasteiger partial charge in [0.15, 0.2) is 5.69 Å². The van der Waals surface area contributed by atoms with E-state index >= 15 is 0 Å². The van der Waals surface area contributed by atoms with Gasteiger partial charge in [0.1, 0.15) is 11.3 Å². The average Bonchev–Trinajstić information content (AvgIpc) is 2.87. The highest BCUT2D eigenvalue weighted by Crippen LogP contribution is 2.45. The summed E-state index contributed by atoms with van der Waals surface area (Å²) in [6.45, 7) is 15.6. The van der Waals surface area contributed by atoms with E-state index in [1.807, 2.05) is 26.8 Å². The molecule has 0 saturated heterocycles. The Morgan fingerprint density at radius 3 is 2.62 bits per heavy atom. The van der Waals surface area contributed by atoms with Crippen LogP contribution in [0.15, 0.2) is 12.1 Å². The summed E-state index contributed by atoms with van der Waals surface area (Å²) in [5, 5.41) is 3.00. The van der Waals surface area contributed by atoms with Gasteiger partial charge in [0.2, 0.25) is 11.9 Å². The molecule has 26 heavy (non-hydrogen) atoms. The Kier molecular flexibility index (Phi) is 4.43. The SMILES string of the molecule is [C-]#[N+]c1cc(OC)c2nc(NC(=O)CC(C)(C)C)n(C3(C)CCC3)c2c1. The van der Waals surface area contributed by atoms with Gasteiger partial charge >= 0.3 is 0 Å². The lowest BCUT2D eigenvalue weighted by Crippen LogP contribution is -2.38. The number of benzene rings is 1. The van der Waals surface area contributed by atoms with Crippen LogP contribution in [0.5, 0.6) is 5.75 Å². The lowest BCUT2D eigenvalue weighted by atomic mass is 9.78. The average molecular weight is 354 g/mol. The molecule has 0 atom stereocenters. The molecule has 1 aromatic heterocycles. The fourth-order valence-electron chi connectivity index (χ4n) is 3.54. The summed E-state index contributed by atoms with van der Waals surface area (Å²) in [6, 6.07) is 3.53. The Morgan fingerprint density at radius 2 is 2.12 bits per heavy atom. The molecular weight excluding hydrogens is 328 g/mol. The first-order valence-electron chi connectivity index (χ1n) is 8.95. The number of carbonyl (C=O) groups excluding carboxylic acids is 1. The second-order valence-corrected chi connectivity index (χ2v) is 8.53. The van der Waals surface area contributed by atoms with E-state index in [0.29, 0.717) is 29.3 Å².